The van der Waals surface area contributed by atoms with Crippen molar-refractivity contribution in [3.8, 4) is 0 Å². The Bertz CT molecular complexity index is 1710. The zero-order valence-electron chi connectivity index (χ0n) is 38.7. The van der Waals surface area contributed by atoms with E-state index in [9.17, 15) is 107 Å². The minimum absolute atomic E-state index is 0.603. The molecule has 7 fully saturated rings. The summed E-state index contributed by atoms with van der Waals surface area (Å²) in [7, 11) is 0. The molecular formula is C40H68O34. The van der Waals surface area contributed by atoms with Crippen LogP contribution in [0.5, 0.6) is 0 Å². The van der Waals surface area contributed by atoms with E-state index in [2.05, 4.69) is 0 Å². The molecule has 0 radical (unpaired) electrons. The van der Waals surface area contributed by atoms with Crippen LogP contribution in [0.3, 0.4) is 0 Å². The third-order valence-corrected chi connectivity index (χ3v) is 13.8. The van der Waals surface area contributed by atoms with Gasteiger partial charge in [0.05, 0.1) is 46.2 Å². The molecule has 34 heteroatoms. The van der Waals surface area contributed by atoms with Gasteiger partial charge in [0.25, 0.3) is 0 Å². The highest BCUT2D eigenvalue weighted by Crippen LogP contribution is 2.37. The summed E-state index contributed by atoms with van der Waals surface area (Å²) < 4.78 is 72.8. The van der Waals surface area contributed by atoms with E-state index < -0.39 is 249 Å². The molecule has 0 saturated carbocycles. The number of hydrogen-bond donors (Lipinski definition) is 21. The zero-order chi connectivity index (χ0) is 54.2. The first-order valence-corrected chi connectivity index (χ1v) is 23.5. The number of hydrogen-bond acceptors (Lipinski definition) is 34. The molecule has 0 spiro atoms. The van der Waals surface area contributed by atoms with Gasteiger partial charge in [-0.05, 0) is 0 Å². The van der Waals surface area contributed by atoms with Crippen molar-refractivity contribution in [2.45, 2.75) is 203 Å². The van der Waals surface area contributed by atoms with E-state index in [0.29, 0.717) is 0 Å². The molecule has 0 aliphatic carbocycles. The maximum atomic E-state index is 11.6. The Kier molecular flexibility index (Phi) is 21.0. The highest BCUT2D eigenvalue weighted by Gasteiger charge is 2.57. The lowest BCUT2D eigenvalue weighted by atomic mass is 9.95. The largest absolute Gasteiger partial charge is 0.394 e. The zero-order valence-corrected chi connectivity index (χ0v) is 38.7. The topological polar surface area (TPSA) is 545 Å². The Morgan fingerprint density at radius 3 is 1.01 bits per heavy atom. The van der Waals surface area contributed by atoms with E-state index in [-0.39, 0.29) is 0 Å². The molecule has 7 aliphatic heterocycles. The molecule has 74 heavy (non-hydrogen) atoms. The maximum Gasteiger partial charge on any atom is 0.187 e. The van der Waals surface area contributed by atoms with Gasteiger partial charge in [0.1, 0.15) is 159 Å². The second-order valence-electron chi connectivity index (χ2n) is 18.7. The van der Waals surface area contributed by atoms with Crippen molar-refractivity contribution in [1.82, 2.24) is 0 Å². The second-order valence-corrected chi connectivity index (χ2v) is 18.7. The van der Waals surface area contributed by atoms with Crippen molar-refractivity contribution in [3.05, 3.63) is 0 Å². The third-order valence-electron chi connectivity index (χ3n) is 13.8. The van der Waals surface area contributed by atoms with E-state index in [0.717, 1.165) is 0 Å². The average molecular weight is 1090 g/mol. The van der Waals surface area contributed by atoms with Crippen molar-refractivity contribution < 1.29 is 169 Å². The fourth-order valence-electron chi connectivity index (χ4n) is 9.40. The molecule has 34 nitrogen and oxygen atoms in total. The van der Waals surface area contributed by atoms with Gasteiger partial charge < -0.3 is 169 Å². The van der Waals surface area contributed by atoms with E-state index in [1.165, 1.54) is 0 Å². The van der Waals surface area contributed by atoms with Gasteiger partial charge >= 0.3 is 0 Å². The third kappa shape index (κ3) is 12.3. The summed E-state index contributed by atoms with van der Waals surface area (Å²) in [4.78, 5) is 0. The lowest BCUT2D eigenvalue weighted by Crippen LogP contribution is -2.68. The first kappa shape index (κ1) is 60.3. The molecule has 0 aromatic carbocycles. The van der Waals surface area contributed by atoms with Gasteiger partial charge in [-0.2, -0.15) is 0 Å². The minimum atomic E-state index is -2.26. The van der Waals surface area contributed by atoms with Crippen LogP contribution in [0, 0.1) is 0 Å². The number of ether oxygens (including phenoxy) is 13. The minimum Gasteiger partial charge on any atom is -0.394 e. The van der Waals surface area contributed by atoms with Crippen LogP contribution in [0.2, 0.25) is 0 Å². The van der Waals surface area contributed by atoms with E-state index in [1.807, 2.05) is 0 Å². The first-order chi connectivity index (χ1) is 35.1. The summed E-state index contributed by atoms with van der Waals surface area (Å²) >= 11 is 0. The normalized spacial score (nSPS) is 53.6. The Balaban J connectivity index is 1.06. The molecular weight excluding hydrogens is 1020 g/mol. The van der Waals surface area contributed by atoms with Gasteiger partial charge in [-0.25, -0.2) is 0 Å². The lowest BCUT2D eigenvalue weighted by Gasteiger charge is -2.49. The highest BCUT2D eigenvalue weighted by molar-refractivity contribution is 5.00. The maximum absolute atomic E-state index is 11.6. The summed E-state index contributed by atoms with van der Waals surface area (Å²) in [5.41, 5.74) is 0. The van der Waals surface area contributed by atoms with Crippen molar-refractivity contribution in [2.75, 3.05) is 46.2 Å². The quantitative estimate of drug-likeness (QED) is 0.0606. The van der Waals surface area contributed by atoms with Crippen LogP contribution in [0.1, 0.15) is 0 Å². The summed E-state index contributed by atoms with van der Waals surface area (Å²) in [6.07, 6.45) is -62.3. The molecule has 0 aromatic rings. The molecule has 0 amide bonds. The SMILES string of the molecule is OC[C@@H]1O[C@@H](O[C@H]2[C@@H](OC[C@H]3O[C@@H](O[C@H]4[C@H](O)[C@@H](O)[C@H](O[C@H]5[C@H](O)[C@@H](O)[C@H](O[C@H]6[C@H](O)[C@@H](O)C(O)O[C@@H]6CO)O[C@@H]5CO)O[C@@H]4CO)[C@H](O)[C@@H](O)[C@@H]3O[C@@H]3O[C@H](CO)[C@@H](O)[C@H](O)[C@H]3O)OC[C@@H](O)[C@@H]2O)[C@H](O)[C@H]1O. The van der Waals surface area contributed by atoms with Gasteiger partial charge in [-0.15, -0.1) is 0 Å². The Labute approximate surface area is 417 Å². The van der Waals surface area contributed by atoms with E-state index in [1.54, 1.807) is 0 Å². The van der Waals surface area contributed by atoms with Gasteiger partial charge in [0.15, 0.2) is 44.0 Å². The highest BCUT2D eigenvalue weighted by atomic mass is 16.8. The van der Waals surface area contributed by atoms with Gasteiger partial charge in [-0.3, -0.25) is 0 Å². The summed E-state index contributed by atoms with van der Waals surface area (Å²) in [5.74, 6) is 0. The summed E-state index contributed by atoms with van der Waals surface area (Å²) in [6, 6.07) is 0. The smallest absolute Gasteiger partial charge is 0.187 e. The van der Waals surface area contributed by atoms with Crippen molar-refractivity contribution in [1.29, 1.82) is 0 Å². The molecule has 432 valence electrons. The molecule has 1 unspecified atom stereocenters. The first-order valence-electron chi connectivity index (χ1n) is 23.5. The van der Waals surface area contributed by atoms with Crippen molar-refractivity contribution in [2.24, 2.45) is 0 Å². The molecule has 7 aliphatic rings. The number of rotatable bonds is 18. The van der Waals surface area contributed by atoms with Crippen molar-refractivity contribution >= 4 is 0 Å². The Hall–Kier alpha value is -1.36. The lowest BCUT2D eigenvalue weighted by molar-refractivity contribution is -0.395. The second kappa shape index (κ2) is 25.8. The van der Waals surface area contributed by atoms with Crippen molar-refractivity contribution in [3.63, 3.8) is 0 Å². The van der Waals surface area contributed by atoms with Gasteiger partial charge in [0, 0.05) is 0 Å². The molecule has 7 saturated heterocycles. The fourth-order valence-corrected chi connectivity index (χ4v) is 9.40. The Morgan fingerprint density at radius 1 is 0.284 bits per heavy atom. The number of aliphatic hydroxyl groups excluding tert-OH is 21. The average Bonchev–Trinajstić information content (AvgIpc) is 3.66. The van der Waals surface area contributed by atoms with Gasteiger partial charge in [0.2, 0.25) is 0 Å². The molecule has 7 heterocycles. The van der Waals surface area contributed by atoms with E-state index >= 15 is 0 Å². The molecule has 33 atom stereocenters. The summed E-state index contributed by atoms with van der Waals surface area (Å²) in [6.45, 7) is -6.14. The van der Waals surface area contributed by atoms with Crippen LogP contribution in [-0.2, 0) is 61.6 Å². The van der Waals surface area contributed by atoms with Crippen LogP contribution in [0.25, 0.3) is 0 Å². The predicted molar refractivity (Wildman–Crippen MR) is 220 cm³/mol. The molecule has 0 bridgehead atoms. The molecule has 21 N–H and O–H groups in total. The monoisotopic (exact) mass is 1090 g/mol. The summed E-state index contributed by atoms with van der Waals surface area (Å²) in [5, 5.41) is 222. The van der Waals surface area contributed by atoms with Crippen LogP contribution in [-0.4, -0.2) is 356 Å². The standard InChI is InChI=1S/C40H68O34/c41-1-9-16(48)18(50)25(57)36(65-9)73-32-14(7-63-40-33(15(47)8(46)6-62-40)74-35-24(56)17(49)10(2-42)66-35)69-39(28(60)22(32)54)72-31-13(5-45)68-38(27(59)21(31)53)71-30-12(4-44)67-37(26(58)20(30)52)70-29-11(3-43)64-34(61)23(55)19(29)51/h8-61H,1-7H2/t8-,9-,10+,11-,12-,13-,14-,15+,16-,17+,18+,19-,20-,21-,22-,23-,24-,25-,26-,27-,28-,29-,30-,31-,32-,33-,34?,35+,36+,37+,38+,39+,40-/m1/s1. The van der Waals surface area contributed by atoms with Crippen LogP contribution in [0.15, 0.2) is 0 Å². The van der Waals surface area contributed by atoms with Crippen LogP contribution in [0.4, 0.5) is 0 Å². The fraction of sp³-hybridized carbons (Fsp3) is 1.00. The van der Waals surface area contributed by atoms with Crippen LogP contribution < -0.4 is 0 Å². The predicted octanol–water partition coefficient (Wildman–Crippen LogP) is -15.0. The molecule has 7 rings (SSSR count). The number of aliphatic hydroxyl groups is 21. The molecule has 0 aromatic heterocycles. The van der Waals surface area contributed by atoms with Crippen LogP contribution >= 0.6 is 0 Å². The van der Waals surface area contributed by atoms with Gasteiger partial charge in [-0.1, -0.05) is 0 Å². The Morgan fingerprint density at radius 2 is 0.595 bits per heavy atom. The van der Waals surface area contributed by atoms with E-state index in [4.69, 9.17) is 61.6 Å².